The van der Waals surface area contributed by atoms with Gasteiger partial charge in [-0.1, -0.05) is 29.8 Å². The quantitative estimate of drug-likeness (QED) is 0.364. The van der Waals surface area contributed by atoms with Gasteiger partial charge in [-0.25, -0.2) is 26.9 Å². The highest BCUT2D eigenvalue weighted by molar-refractivity contribution is 7.89. The molecule has 11 nitrogen and oxygen atoms in total. The number of carbonyl (C=O) groups is 3. The molecule has 1 fully saturated rings. The topological polar surface area (TPSA) is 164 Å². The molecule has 3 amide bonds. The highest BCUT2D eigenvalue weighted by Crippen LogP contribution is 2.30. The van der Waals surface area contributed by atoms with Crippen LogP contribution in [0.1, 0.15) is 24.5 Å². The van der Waals surface area contributed by atoms with Crippen LogP contribution in [0, 0.1) is 6.92 Å². The minimum absolute atomic E-state index is 0.0268. The molecule has 3 aromatic carbocycles. The molecule has 1 aliphatic heterocycles. The molecule has 4 rings (SSSR count). The predicted molar refractivity (Wildman–Crippen MR) is 148 cm³/mol. The second kappa shape index (κ2) is 11.3. The Labute approximate surface area is 232 Å². The molecular weight excluding hydrogens is 556 g/mol. The first-order valence-electron chi connectivity index (χ1n) is 12.2. The lowest BCUT2D eigenvalue weighted by Crippen LogP contribution is -2.46. The van der Waals surface area contributed by atoms with Crippen LogP contribution in [-0.2, 0) is 40.9 Å². The number of primary sulfonamides is 1. The van der Waals surface area contributed by atoms with Crippen molar-refractivity contribution in [3.8, 4) is 0 Å². The smallest absolute Gasteiger partial charge is 0.252 e. The Balaban J connectivity index is 1.65. The van der Waals surface area contributed by atoms with Crippen LogP contribution in [0.25, 0.3) is 0 Å². The van der Waals surface area contributed by atoms with E-state index in [1.54, 1.807) is 12.1 Å². The van der Waals surface area contributed by atoms with Crippen molar-refractivity contribution < 1.29 is 31.2 Å². The Bertz CT molecular complexity index is 1650. The van der Waals surface area contributed by atoms with Gasteiger partial charge in [0.15, 0.2) is 0 Å². The average molecular weight is 585 g/mol. The summed E-state index contributed by atoms with van der Waals surface area (Å²) in [7, 11) is -8.11. The molecule has 0 aliphatic carbocycles. The molecular formula is C27H28N4O7S2. The van der Waals surface area contributed by atoms with Crippen molar-refractivity contribution in [2.24, 2.45) is 5.14 Å². The second-order valence-electron chi connectivity index (χ2n) is 9.38. The van der Waals surface area contributed by atoms with Crippen molar-refractivity contribution >= 4 is 49.1 Å². The van der Waals surface area contributed by atoms with E-state index in [0.717, 1.165) is 14.8 Å². The summed E-state index contributed by atoms with van der Waals surface area (Å²) in [5.74, 6) is -1.54. The molecule has 1 unspecified atom stereocenters. The van der Waals surface area contributed by atoms with E-state index in [9.17, 15) is 31.2 Å². The molecule has 3 N–H and O–H groups in total. The molecule has 0 bridgehead atoms. The molecule has 3 aromatic rings. The number of benzene rings is 3. The first-order chi connectivity index (χ1) is 18.8. The maximum absolute atomic E-state index is 13.8. The first kappa shape index (κ1) is 29.1. The maximum atomic E-state index is 13.8. The molecule has 1 heterocycles. The number of nitrogens with zero attached hydrogens (tertiary/aromatic N) is 2. The van der Waals surface area contributed by atoms with Crippen LogP contribution in [0.4, 0.5) is 11.4 Å². The van der Waals surface area contributed by atoms with E-state index in [4.69, 9.17) is 5.14 Å². The second-order valence-corrected chi connectivity index (χ2v) is 12.8. The largest absolute Gasteiger partial charge is 0.326 e. The number of anilines is 2. The van der Waals surface area contributed by atoms with E-state index in [-0.39, 0.29) is 40.8 Å². The average Bonchev–Trinajstić information content (AvgIpc) is 3.17. The Kier molecular flexibility index (Phi) is 8.21. The summed E-state index contributed by atoms with van der Waals surface area (Å²) in [6.07, 6.45) is -0.221. The third-order valence-electron chi connectivity index (χ3n) is 6.42. The number of nitrogens with one attached hydrogen (secondary N) is 1. The van der Waals surface area contributed by atoms with Gasteiger partial charge in [-0.3, -0.25) is 14.4 Å². The van der Waals surface area contributed by atoms with Crippen LogP contribution in [0.2, 0.25) is 0 Å². The van der Waals surface area contributed by atoms with Gasteiger partial charge in [-0.2, -0.15) is 4.31 Å². The SMILES string of the molecule is CC(=O)Nc1ccc(N2C(=O)CC(N(CCc3ccc(S(N)(=O)=O)cc3)S(=O)(=O)c3ccc(C)cc3)C2=O)cc1. The fourth-order valence-corrected chi connectivity index (χ4v) is 6.48. The van der Waals surface area contributed by atoms with Gasteiger partial charge in [0.25, 0.3) is 5.91 Å². The zero-order valence-corrected chi connectivity index (χ0v) is 23.4. The number of hydrogen-bond acceptors (Lipinski definition) is 7. The number of amides is 3. The van der Waals surface area contributed by atoms with Gasteiger partial charge < -0.3 is 5.32 Å². The van der Waals surface area contributed by atoms with Crippen molar-refractivity contribution in [3.05, 3.63) is 83.9 Å². The summed E-state index contributed by atoms with van der Waals surface area (Å²) in [6.45, 7) is 3.02. The van der Waals surface area contributed by atoms with Gasteiger partial charge in [-0.05, 0) is 67.4 Å². The van der Waals surface area contributed by atoms with Gasteiger partial charge >= 0.3 is 0 Å². The minimum atomic E-state index is -4.21. The van der Waals surface area contributed by atoms with Crippen molar-refractivity contribution in [1.29, 1.82) is 0 Å². The molecule has 210 valence electrons. The third-order valence-corrected chi connectivity index (χ3v) is 9.27. The Morgan fingerprint density at radius 3 is 2.05 bits per heavy atom. The Morgan fingerprint density at radius 2 is 1.50 bits per heavy atom. The fourth-order valence-electron chi connectivity index (χ4n) is 4.38. The highest BCUT2D eigenvalue weighted by atomic mass is 32.2. The molecule has 0 spiro atoms. The Hall–Kier alpha value is -3.91. The summed E-state index contributed by atoms with van der Waals surface area (Å²) < 4.78 is 51.8. The maximum Gasteiger partial charge on any atom is 0.252 e. The molecule has 13 heteroatoms. The first-order valence-corrected chi connectivity index (χ1v) is 15.2. The van der Waals surface area contributed by atoms with Crippen LogP contribution < -0.4 is 15.4 Å². The zero-order valence-electron chi connectivity index (χ0n) is 21.8. The van der Waals surface area contributed by atoms with Crippen LogP contribution in [-0.4, -0.2) is 51.4 Å². The Morgan fingerprint density at radius 1 is 0.925 bits per heavy atom. The van der Waals surface area contributed by atoms with Crippen LogP contribution in [0.3, 0.4) is 0 Å². The van der Waals surface area contributed by atoms with Crippen LogP contribution in [0.15, 0.2) is 82.6 Å². The molecule has 0 radical (unpaired) electrons. The monoisotopic (exact) mass is 584 g/mol. The lowest BCUT2D eigenvalue weighted by Gasteiger charge is -2.27. The summed E-state index contributed by atoms with van der Waals surface area (Å²) in [5, 5.41) is 7.76. The fraction of sp³-hybridized carbons (Fsp3) is 0.222. The van der Waals surface area contributed by atoms with Gasteiger partial charge in [0.05, 0.1) is 21.9 Å². The van der Waals surface area contributed by atoms with E-state index in [0.29, 0.717) is 11.3 Å². The van der Waals surface area contributed by atoms with E-state index >= 15 is 0 Å². The minimum Gasteiger partial charge on any atom is -0.326 e. The third kappa shape index (κ3) is 6.28. The molecule has 1 atom stereocenters. The molecule has 0 saturated carbocycles. The highest BCUT2D eigenvalue weighted by Gasteiger charge is 2.46. The zero-order chi connectivity index (χ0) is 29.2. The van der Waals surface area contributed by atoms with Crippen LogP contribution >= 0.6 is 0 Å². The summed E-state index contributed by atoms with van der Waals surface area (Å²) >= 11 is 0. The van der Waals surface area contributed by atoms with E-state index in [1.165, 1.54) is 67.6 Å². The molecule has 1 aliphatic rings. The van der Waals surface area contributed by atoms with E-state index in [2.05, 4.69) is 5.32 Å². The number of sulfonamides is 2. The van der Waals surface area contributed by atoms with Crippen molar-refractivity contribution in [2.75, 3.05) is 16.8 Å². The van der Waals surface area contributed by atoms with Crippen molar-refractivity contribution in [3.63, 3.8) is 0 Å². The summed E-state index contributed by atoms with van der Waals surface area (Å²) in [6, 6.07) is 16.6. The van der Waals surface area contributed by atoms with Crippen molar-refractivity contribution in [1.82, 2.24) is 4.31 Å². The number of hydrogen-bond donors (Lipinski definition) is 2. The van der Waals surface area contributed by atoms with Crippen LogP contribution in [0.5, 0.6) is 0 Å². The summed E-state index contributed by atoms with van der Waals surface area (Å²) in [4.78, 5) is 38.7. The van der Waals surface area contributed by atoms with E-state index in [1.807, 2.05) is 6.92 Å². The number of rotatable bonds is 9. The van der Waals surface area contributed by atoms with Crippen molar-refractivity contribution in [2.45, 2.75) is 42.5 Å². The summed E-state index contributed by atoms with van der Waals surface area (Å²) in [5.41, 5.74) is 2.18. The van der Waals surface area contributed by atoms with E-state index < -0.39 is 37.9 Å². The van der Waals surface area contributed by atoms with Gasteiger partial charge in [0.2, 0.25) is 31.9 Å². The van der Waals surface area contributed by atoms with Gasteiger partial charge in [0.1, 0.15) is 6.04 Å². The molecule has 1 saturated heterocycles. The van der Waals surface area contributed by atoms with Gasteiger partial charge in [-0.15, -0.1) is 0 Å². The number of aryl methyl sites for hydroxylation is 1. The predicted octanol–water partition coefficient (Wildman–Crippen LogP) is 2.17. The lowest BCUT2D eigenvalue weighted by molar-refractivity contribution is -0.122. The normalized spacial score (nSPS) is 16.0. The number of nitrogens with two attached hydrogens (primary N) is 1. The molecule has 40 heavy (non-hydrogen) atoms. The number of imide groups is 1. The lowest BCUT2D eigenvalue weighted by atomic mass is 10.1. The molecule has 0 aromatic heterocycles. The van der Waals surface area contributed by atoms with Gasteiger partial charge in [0, 0.05) is 19.2 Å². The standard InChI is InChI=1S/C27H28N4O7S2/c1-18-3-11-24(12-4-18)40(37,38)30(16-15-20-5-13-23(14-6-20)39(28,35)36)25-17-26(33)31(27(25)34)22-9-7-21(8-10-22)29-19(2)32/h3-14,25H,15-17H2,1-2H3,(H,29,32)(H2,28,35,36). The number of carbonyl (C=O) groups excluding carboxylic acids is 3.